The maximum absolute atomic E-state index is 11.7. The molecule has 2 aromatic rings. The molecule has 0 saturated carbocycles. The average Bonchev–Trinajstić information content (AvgIpc) is 2.84. The molecule has 0 N–H and O–H groups in total. The van der Waals surface area contributed by atoms with Crippen molar-refractivity contribution < 1.29 is 38.0 Å². The van der Waals surface area contributed by atoms with Gasteiger partial charge in [0.05, 0.1) is 19.8 Å². The molecule has 0 fully saturated rings. The molecule has 0 bridgehead atoms. The summed E-state index contributed by atoms with van der Waals surface area (Å²) in [5.41, 5.74) is -0.797. The highest BCUT2D eigenvalue weighted by atomic mass is 16.6. The van der Waals surface area contributed by atoms with Crippen LogP contribution in [0, 0.1) is 0 Å². The Kier molecular flexibility index (Phi) is 10.3. The summed E-state index contributed by atoms with van der Waals surface area (Å²) in [6, 6.07) is 15.0. The SMILES string of the molecule is CCOC(=O)CCCOC1(C)COc2ccccc2OCCOCCOc2ccccc2OC1. The molecular formula is C26H34O8. The third kappa shape index (κ3) is 8.43. The van der Waals surface area contributed by atoms with E-state index in [2.05, 4.69) is 0 Å². The van der Waals surface area contributed by atoms with Gasteiger partial charge < -0.3 is 33.2 Å². The molecule has 34 heavy (non-hydrogen) atoms. The zero-order valence-electron chi connectivity index (χ0n) is 20.0. The van der Waals surface area contributed by atoms with Gasteiger partial charge in [-0.1, -0.05) is 24.3 Å². The van der Waals surface area contributed by atoms with Gasteiger partial charge in [-0.15, -0.1) is 0 Å². The molecule has 0 aliphatic carbocycles. The monoisotopic (exact) mass is 474 g/mol. The van der Waals surface area contributed by atoms with E-state index < -0.39 is 5.60 Å². The van der Waals surface area contributed by atoms with Crippen LogP contribution in [0.1, 0.15) is 26.7 Å². The lowest BCUT2D eigenvalue weighted by Gasteiger charge is -2.30. The average molecular weight is 475 g/mol. The highest BCUT2D eigenvalue weighted by molar-refractivity contribution is 5.69. The molecule has 0 radical (unpaired) electrons. The van der Waals surface area contributed by atoms with E-state index in [0.29, 0.717) is 75.5 Å². The number of hydrogen-bond acceptors (Lipinski definition) is 8. The second-order valence-electron chi connectivity index (χ2n) is 7.99. The van der Waals surface area contributed by atoms with E-state index in [9.17, 15) is 4.79 Å². The van der Waals surface area contributed by atoms with E-state index >= 15 is 0 Å². The Morgan fingerprint density at radius 1 is 0.824 bits per heavy atom. The standard InChI is InChI=1S/C26H34O8/c1-3-29-25(27)13-8-14-34-26(2)19-32-23-11-6-4-9-21(23)30-17-15-28-16-18-31-22-10-5-7-12-24(22)33-20-26/h4-7,9-12H,3,8,13-20H2,1-2H3. The Labute approximate surface area is 201 Å². The van der Waals surface area contributed by atoms with Crippen LogP contribution in [0.4, 0.5) is 0 Å². The van der Waals surface area contributed by atoms with Crippen LogP contribution in [0.25, 0.3) is 0 Å². The minimum Gasteiger partial charge on any atom is -0.487 e. The smallest absolute Gasteiger partial charge is 0.305 e. The van der Waals surface area contributed by atoms with Crippen molar-refractivity contribution in [3.05, 3.63) is 48.5 Å². The van der Waals surface area contributed by atoms with E-state index in [0.717, 1.165) is 0 Å². The number of fused-ring (bicyclic) bond motifs is 2. The fourth-order valence-corrected chi connectivity index (χ4v) is 3.25. The van der Waals surface area contributed by atoms with Crippen LogP contribution in [-0.4, -0.2) is 64.4 Å². The predicted molar refractivity (Wildman–Crippen MR) is 126 cm³/mol. The third-order valence-electron chi connectivity index (χ3n) is 5.02. The van der Waals surface area contributed by atoms with Gasteiger partial charge in [-0.2, -0.15) is 0 Å². The second kappa shape index (κ2) is 13.7. The first-order valence-corrected chi connectivity index (χ1v) is 11.7. The predicted octanol–water partition coefficient (Wildman–Crippen LogP) is 4.05. The maximum Gasteiger partial charge on any atom is 0.305 e. The zero-order valence-corrected chi connectivity index (χ0v) is 20.0. The van der Waals surface area contributed by atoms with Gasteiger partial charge in [0.2, 0.25) is 0 Å². The van der Waals surface area contributed by atoms with Gasteiger partial charge in [0.25, 0.3) is 0 Å². The molecule has 0 spiro atoms. The lowest BCUT2D eigenvalue weighted by molar-refractivity contribution is -0.144. The maximum atomic E-state index is 11.7. The topological polar surface area (TPSA) is 81.7 Å². The van der Waals surface area contributed by atoms with E-state index in [1.807, 2.05) is 55.5 Å². The quantitative estimate of drug-likeness (QED) is 0.458. The number of carbonyl (C=O) groups is 1. The molecule has 8 heteroatoms. The van der Waals surface area contributed by atoms with Gasteiger partial charge in [0.15, 0.2) is 23.0 Å². The fourth-order valence-electron chi connectivity index (χ4n) is 3.25. The number of benzene rings is 2. The Morgan fingerprint density at radius 3 is 1.82 bits per heavy atom. The summed E-state index contributed by atoms with van der Waals surface area (Å²) < 4.78 is 40.7. The van der Waals surface area contributed by atoms with Crippen molar-refractivity contribution in [3.8, 4) is 23.0 Å². The van der Waals surface area contributed by atoms with Crippen molar-refractivity contribution in [1.29, 1.82) is 0 Å². The molecule has 2 aromatic carbocycles. The number of para-hydroxylation sites is 4. The van der Waals surface area contributed by atoms with Crippen LogP contribution < -0.4 is 18.9 Å². The van der Waals surface area contributed by atoms with Crippen LogP contribution in [0.3, 0.4) is 0 Å². The number of rotatable bonds is 6. The summed E-state index contributed by atoms with van der Waals surface area (Å²) in [7, 11) is 0. The molecule has 3 rings (SSSR count). The number of esters is 1. The Balaban J connectivity index is 1.72. The number of ether oxygens (including phenoxy) is 7. The van der Waals surface area contributed by atoms with Gasteiger partial charge in [0, 0.05) is 13.0 Å². The summed E-state index contributed by atoms with van der Waals surface area (Å²) in [5.74, 6) is 2.25. The molecular weight excluding hydrogens is 440 g/mol. The molecule has 0 saturated heterocycles. The summed E-state index contributed by atoms with van der Waals surface area (Å²) in [6.45, 7) is 6.50. The first-order chi connectivity index (χ1) is 16.6. The molecule has 1 aliphatic rings. The highest BCUT2D eigenvalue weighted by Gasteiger charge is 2.29. The number of hydrogen-bond donors (Lipinski definition) is 0. The summed E-state index contributed by atoms with van der Waals surface area (Å²) in [4.78, 5) is 11.7. The summed E-state index contributed by atoms with van der Waals surface area (Å²) in [5, 5.41) is 0. The minimum atomic E-state index is -0.797. The van der Waals surface area contributed by atoms with Crippen LogP contribution in [-0.2, 0) is 19.0 Å². The lowest BCUT2D eigenvalue weighted by atomic mass is 10.1. The van der Waals surface area contributed by atoms with Crippen molar-refractivity contribution in [2.24, 2.45) is 0 Å². The van der Waals surface area contributed by atoms with Gasteiger partial charge >= 0.3 is 5.97 Å². The van der Waals surface area contributed by atoms with Gasteiger partial charge in [-0.25, -0.2) is 0 Å². The fraction of sp³-hybridized carbons (Fsp3) is 0.500. The largest absolute Gasteiger partial charge is 0.487 e. The van der Waals surface area contributed by atoms with Crippen molar-refractivity contribution in [1.82, 2.24) is 0 Å². The summed E-state index contributed by atoms with van der Waals surface area (Å²) >= 11 is 0. The van der Waals surface area contributed by atoms with E-state index in [1.165, 1.54) is 0 Å². The molecule has 8 nitrogen and oxygen atoms in total. The van der Waals surface area contributed by atoms with Crippen molar-refractivity contribution in [3.63, 3.8) is 0 Å². The normalized spacial score (nSPS) is 16.4. The Hall–Kier alpha value is -2.97. The van der Waals surface area contributed by atoms with Crippen LogP contribution in [0.15, 0.2) is 48.5 Å². The summed E-state index contributed by atoms with van der Waals surface area (Å²) in [6.07, 6.45) is 0.828. The number of carbonyl (C=O) groups excluding carboxylic acids is 1. The molecule has 186 valence electrons. The lowest BCUT2D eigenvalue weighted by Crippen LogP contribution is -2.42. The van der Waals surface area contributed by atoms with E-state index in [-0.39, 0.29) is 19.2 Å². The molecule has 1 aliphatic heterocycles. The van der Waals surface area contributed by atoms with Crippen molar-refractivity contribution in [2.45, 2.75) is 32.3 Å². The van der Waals surface area contributed by atoms with Gasteiger partial charge in [-0.05, 0) is 44.5 Å². The van der Waals surface area contributed by atoms with Crippen LogP contribution in [0.2, 0.25) is 0 Å². The third-order valence-corrected chi connectivity index (χ3v) is 5.02. The second-order valence-corrected chi connectivity index (χ2v) is 7.99. The van der Waals surface area contributed by atoms with E-state index in [4.69, 9.17) is 33.2 Å². The van der Waals surface area contributed by atoms with Crippen LogP contribution >= 0.6 is 0 Å². The Bertz CT molecular complexity index is 829. The van der Waals surface area contributed by atoms with Crippen molar-refractivity contribution in [2.75, 3.05) is 52.9 Å². The van der Waals surface area contributed by atoms with Gasteiger partial charge in [-0.3, -0.25) is 4.79 Å². The first kappa shape index (κ1) is 25.6. The first-order valence-electron chi connectivity index (χ1n) is 11.7. The Morgan fingerprint density at radius 2 is 1.32 bits per heavy atom. The molecule has 0 aromatic heterocycles. The minimum absolute atomic E-state index is 0.215. The zero-order chi connectivity index (χ0) is 24.1. The van der Waals surface area contributed by atoms with Crippen LogP contribution in [0.5, 0.6) is 23.0 Å². The van der Waals surface area contributed by atoms with E-state index in [1.54, 1.807) is 6.92 Å². The molecule has 0 atom stereocenters. The molecule has 0 amide bonds. The molecule has 0 unspecified atom stereocenters. The van der Waals surface area contributed by atoms with Gasteiger partial charge in [0.1, 0.15) is 32.0 Å². The van der Waals surface area contributed by atoms with Crippen molar-refractivity contribution >= 4 is 5.97 Å². The molecule has 1 heterocycles. The highest BCUT2D eigenvalue weighted by Crippen LogP contribution is 2.30.